The van der Waals surface area contributed by atoms with Crippen LogP contribution in [0, 0.1) is 6.92 Å². The van der Waals surface area contributed by atoms with Crippen molar-refractivity contribution in [2.75, 3.05) is 44.2 Å². The van der Waals surface area contributed by atoms with Crippen LogP contribution in [0.1, 0.15) is 44.4 Å². The fourth-order valence-electron chi connectivity index (χ4n) is 3.76. The van der Waals surface area contributed by atoms with Crippen molar-refractivity contribution < 1.29 is 23.0 Å². The molecule has 0 unspecified atom stereocenters. The summed E-state index contributed by atoms with van der Waals surface area (Å²) in [5.74, 6) is 0.656. The van der Waals surface area contributed by atoms with Gasteiger partial charge in [-0.05, 0) is 49.9 Å². The van der Waals surface area contributed by atoms with Gasteiger partial charge >= 0.3 is 0 Å². The number of nitrogens with one attached hydrogen (secondary N) is 1. The van der Waals surface area contributed by atoms with Gasteiger partial charge in [0, 0.05) is 31.4 Å². The van der Waals surface area contributed by atoms with Gasteiger partial charge in [0.2, 0.25) is 0 Å². The minimum Gasteiger partial charge on any atom is -0.494 e. The van der Waals surface area contributed by atoms with Crippen molar-refractivity contribution in [3.8, 4) is 5.75 Å². The lowest BCUT2D eigenvalue weighted by atomic mass is 9.92. The average molecular weight is 498 g/mol. The first kappa shape index (κ1) is 25.9. The number of rotatable bonds is 12. The van der Waals surface area contributed by atoms with Crippen molar-refractivity contribution in [1.29, 1.82) is 0 Å². The van der Waals surface area contributed by atoms with E-state index in [0.717, 1.165) is 39.3 Å². The Morgan fingerprint density at radius 3 is 2.67 bits per heavy atom. The number of aryl methyl sites for hydroxylation is 1. The predicted octanol–water partition coefficient (Wildman–Crippen LogP) is 3.45. The molecular formula is C23H35N3O5S2. The van der Waals surface area contributed by atoms with Crippen LogP contribution in [-0.2, 0) is 21.2 Å². The maximum Gasteiger partial charge on any atom is 0.263 e. The number of anilines is 1. The molecule has 2 heterocycles. The number of aliphatic hydroxyl groups is 1. The first-order valence-corrected chi connectivity index (χ1v) is 13.8. The summed E-state index contributed by atoms with van der Waals surface area (Å²) < 4.78 is 39.6. The van der Waals surface area contributed by atoms with E-state index in [1.807, 2.05) is 13.8 Å². The molecule has 0 atom stereocenters. The molecule has 1 aromatic heterocycles. The van der Waals surface area contributed by atoms with Crippen LogP contribution in [0.15, 0.2) is 28.5 Å². The Morgan fingerprint density at radius 1 is 1.27 bits per heavy atom. The van der Waals surface area contributed by atoms with Gasteiger partial charge in [0.25, 0.3) is 10.0 Å². The van der Waals surface area contributed by atoms with Gasteiger partial charge in [0.1, 0.15) is 5.75 Å². The Morgan fingerprint density at radius 2 is 2.00 bits per heavy atom. The number of thiazole rings is 1. The van der Waals surface area contributed by atoms with Crippen molar-refractivity contribution in [3.63, 3.8) is 0 Å². The fraction of sp³-hybridized carbons (Fsp3) is 0.609. The van der Waals surface area contributed by atoms with Gasteiger partial charge in [-0.2, -0.15) is 0 Å². The lowest BCUT2D eigenvalue weighted by molar-refractivity contribution is 0.0319. The molecule has 1 aliphatic rings. The van der Waals surface area contributed by atoms with Crippen molar-refractivity contribution in [1.82, 2.24) is 9.88 Å². The highest BCUT2D eigenvalue weighted by molar-refractivity contribution is 7.93. The molecule has 0 saturated carbocycles. The number of benzene rings is 1. The van der Waals surface area contributed by atoms with Gasteiger partial charge in [0.15, 0.2) is 5.13 Å². The van der Waals surface area contributed by atoms with Gasteiger partial charge in [-0.25, -0.2) is 13.4 Å². The fourth-order valence-corrected chi connectivity index (χ4v) is 5.95. The molecule has 8 nitrogen and oxygen atoms in total. The number of morpholine rings is 1. The molecule has 1 saturated heterocycles. The molecule has 0 spiro atoms. The molecule has 0 radical (unpaired) electrons. The Labute approximate surface area is 201 Å². The van der Waals surface area contributed by atoms with E-state index in [0.29, 0.717) is 48.0 Å². The van der Waals surface area contributed by atoms with Crippen molar-refractivity contribution in [2.24, 2.45) is 0 Å². The second-order valence-corrected chi connectivity index (χ2v) is 10.9. The molecule has 2 N–H and O–H groups in total. The number of sulfonamides is 1. The average Bonchev–Trinajstić information content (AvgIpc) is 3.22. The number of ether oxygens (including phenoxy) is 2. The van der Waals surface area contributed by atoms with Crippen molar-refractivity contribution in [2.45, 2.75) is 57.0 Å². The summed E-state index contributed by atoms with van der Waals surface area (Å²) in [7, 11) is -3.78. The van der Waals surface area contributed by atoms with Gasteiger partial charge in [-0.3, -0.25) is 9.62 Å². The first-order chi connectivity index (χ1) is 15.7. The van der Waals surface area contributed by atoms with E-state index in [-0.39, 0.29) is 4.90 Å². The van der Waals surface area contributed by atoms with Crippen LogP contribution in [0.4, 0.5) is 5.13 Å². The molecule has 0 aliphatic carbocycles. The van der Waals surface area contributed by atoms with Crippen LogP contribution >= 0.6 is 11.3 Å². The first-order valence-electron chi connectivity index (χ1n) is 11.5. The molecule has 2 aromatic rings. The topological polar surface area (TPSA) is 101 Å². The van der Waals surface area contributed by atoms with Gasteiger partial charge in [-0.15, -0.1) is 11.3 Å². The van der Waals surface area contributed by atoms with E-state index >= 15 is 0 Å². The third kappa shape index (κ3) is 7.38. The molecule has 33 heavy (non-hydrogen) atoms. The Bertz CT molecular complexity index is 999. The largest absolute Gasteiger partial charge is 0.494 e. The molecule has 10 heteroatoms. The molecule has 1 aliphatic heterocycles. The van der Waals surface area contributed by atoms with E-state index < -0.39 is 15.6 Å². The number of aromatic nitrogens is 1. The van der Waals surface area contributed by atoms with Crippen LogP contribution in [0.2, 0.25) is 0 Å². The van der Waals surface area contributed by atoms with Crippen LogP contribution in [0.25, 0.3) is 0 Å². The van der Waals surface area contributed by atoms with E-state index in [9.17, 15) is 13.5 Å². The molecular weight excluding hydrogens is 462 g/mol. The highest BCUT2D eigenvalue weighted by atomic mass is 32.2. The summed E-state index contributed by atoms with van der Waals surface area (Å²) in [5.41, 5.74) is 0.469. The summed E-state index contributed by atoms with van der Waals surface area (Å²) >= 11 is 1.22. The lowest BCUT2D eigenvalue weighted by Gasteiger charge is -2.26. The van der Waals surface area contributed by atoms with Gasteiger partial charge in [0.05, 0.1) is 36.0 Å². The molecule has 3 rings (SSSR count). The zero-order valence-electron chi connectivity index (χ0n) is 19.7. The molecule has 1 fully saturated rings. The highest BCUT2D eigenvalue weighted by Crippen LogP contribution is 2.27. The second kappa shape index (κ2) is 11.6. The monoisotopic (exact) mass is 497 g/mol. The Kier molecular flexibility index (Phi) is 9.11. The van der Waals surface area contributed by atoms with Crippen molar-refractivity contribution >= 4 is 26.5 Å². The Balaban J connectivity index is 1.56. The van der Waals surface area contributed by atoms with E-state index in [4.69, 9.17) is 9.47 Å². The van der Waals surface area contributed by atoms with Gasteiger partial charge in [-0.1, -0.05) is 13.8 Å². The SMILES string of the molecule is CCC(O)(CC)Cc1csc(NS(=O)(=O)c2ccc(OCCCN3CCOCC3)cc2C)n1. The Hall–Kier alpha value is -1.72. The van der Waals surface area contributed by atoms with Gasteiger partial charge < -0.3 is 14.6 Å². The van der Waals surface area contributed by atoms with Crippen LogP contribution in [-0.4, -0.2) is 68.5 Å². The standard InChI is InChI=1S/C23H35N3O5S2/c1-4-23(27,5-2)16-19-17-32-22(24-19)25-33(28,29)21-8-7-20(15-18(21)3)31-12-6-9-26-10-13-30-14-11-26/h7-8,15,17,27H,4-6,9-14,16H2,1-3H3,(H,24,25). The summed E-state index contributed by atoms with van der Waals surface area (Å²) in [6.07, 6.45) is 2.53. The smallest absolute Gasteiger partial charge is 0.263 e. The lowest BCUT2D eigenvalue weighted by Crippen LogP contribution is -2.37. The van der Waals surface area contributed by atoms with E-state index in [2.05, 4.69) is 14.6 Å². The number of hydrogen-bond donors (Lipinski definition) is 2. The zero-order valence-corrected chi connectivity index (χ0v) is 21.3. The summed E-state index contributed by atoms with van der Waals surface area (Å²) in [6, 6.07) is 5.00. The third-order valence-electron chi connectivity index (χ3n) is 6.03. The van der Waals surface area contributed by atoms with Crippen molar-refractivity contribution in [3.05, 3.63) is 34.8 Å². The number of nitrogens with zero attached hydrogens (tertiary/aromatic N) is 2. The van der Waals surface area contributed by atoms with Crippen LogP contribution < -0.4 is 9.46 Å². The van der Waals surface area contributed by atoms with Crippen LogP contribution in [0.3, 0.4) is 0 Å². The number of hydrogen-bond acceptors (Lipinski definition) is 8. The second-order valence-electron chi connectivity index (χ2n) is 8.44. The van der Waals surface area contributed by atoms with E-state index in [1.54, 1.807) is 30.5 Å². The minimum atomic E-state index is -3.78. The molecule has 184 valence electrons. The molecule has 0 bridgehead atoms. The summed E-state index contributed by atoms with van der Waals surface area (Å²) in [6.45, 7) is 10.6. The summed E-state index contributed by atoms with van der Waals surface area (Å²) in [4.78, 5) is 6.92. The minimum absolute atomic E-state index is 0.193. The normalized spacial score (nSPS) is 15.5. The maximum atomic E-state index is 12.9. The maximum absolute atomic E-state index is 12.9. The van der Waals surface area contributed by atoms with E-state index in [1.165, 1.54) is 11.3 Å². The quantitative estimate of drug-likeness (QED) is 0.433. The predicted molar refractivity (Wildman–Crippen MR) is 131 cm³/mol. The van der Waals surface area contributed by atoms with Crippen LogP contribution in [0.5, 0.6) is 5.75 Å². The molecule has 1 aromatic carbocycles. The summed E-state index contributed by atoms with van der Waals surface area (Å²) in [5, 5.41) is 12.6. The highest BCUT2D eigenvalue weighted by Gasteiger charge is 2.25. The third-order valence-corrected chi connectivity index (χ3v) is 8.46. The zero-order chi connectivity index (χ0) is 23.9. The molecule has 0 amide bonds.